The normalized spacial score (nSPS) is 17.6. The summed E-state index contributed by atoms with van der Waals surface area (Å²) in [6.45, 7) is 1.25. The summed E-state index contributed by atoms with van der Waals surface area (Å²) in [4.78, 5) is 13.1. The van der Waals surface area contributed by atoms with Crippen molar-refractivity contribution in [2.75, 3.05) is 26.1 Å². The largest absolute Gasteiger partial charge is 0.381 e. The van der Waals surface area contributed by atoms with E-state index in [2.05, 4.69) is 15.0 Å². The van der Waals surface area contributed by atoms with Crippen molar-refractivity contribution >= 4 is 5.95 Å². The van der Waals surface area contributed by atoms with Crippen LogP contribution in [0.3, 0.4) is 0 Å². The molecule has 0 aliphatic carbocycles. The highest BCUT2D eigenvalue weighted by molar-refractivity contribution is 5.55. The maximum atomic E-state index is 5.87. The SMILES string of the molecule is COC1(c2nc(N)nc(-c3ccccc3)n2)CCOCC1. The number of aromatic nitrogens is 3. The highest BCUT2D eigenvalue weighted by Crippen LogP contribution is 2.34. The first-order valence-corrected chi connectivity index (χ1v) is 6.94. The van der Waals surface area contributed by atoms with Crippen molar-refractivity contribution in [3.63, 3.8) is 0 Å². The smallest absolute Gasteiger partial charge is 0.223 e. The molecule has 1 saturated heterocycles. The first-order chi connectivity index (χ1) is 10.2. The van der Waals surface area contributed by atoms with Crippen LogP contribution in [0.2, 0.25) is 0 Å². The average molecular weight is 286 g/mol. The third-order valence-corrected chi connectivity index (χ3v) is 3.78. The zero-order valence-electron chi connectivity index (χ0n) is 12.0. The van der Waals surface area contributed by atoms with Crippen molar-refractivity contribution in [2.24, 2.45) is 0 Å². The summed E-state index contributed by atoms with van der Waals surface area (Å²) < 4.78 is 11.1. The molecule has 1 aliphatic rings. The van der Waals surface area contributed by atoms with E-state index >= 15 is 0 Å². The molecule has 0 spiro atoms. The van der Waals surface area contributed by atoms with Gasteiger partial charge >= 0.3 is 0 Å². The Morgan fingerprint density at radius 3 is 2.48 bits per heavy atom. The summed E-state index contributed by atoms with van der Waals surface area (Å²) in [5, 5.41) is 0. The second-order valence-electron chi connectivity index (χ2n) is 5.02. The number of ether oxygens (including phenoxy) is 2. The van der Waals surface area contributed by atoms with Gasteiger partial charge in [-0.15, -0.1) is 0 Å². The molecule has 0 bridgehead atoms. The monoisotopic (exact) mass is 286 g/mol. The molecule has 6 heteroatoms. The van der Waals surface area contributed by atoms with E-state index in [1.165, 1.54) is 0 Å². The molecule has 21 heavy (non-hydrogen) atoms. The molecule has 0 atom stereocenters. The van der Waals surface area contributed by atoms with Crippen LogP contribution in [0.15, 0.2) is 30.3 Å². The van der Waals surface area contributed by atoms with Crippen molar-refractivity contribution in [2.45, 2.75) is 18.4 Å². The van der Waals surface area contributed by atoms with Crippen LogP contribution in [0.5, 0.6) is 0 Å². The molecule has 110 valence electrons. The molecule has 2 heterocycles. The maximum absolute atomic E-state index is 5.87. The maximum Gasteiger partial charge on any atom is 0.223 e. The summed E-state index contributed by atoms with van der Waals surface area (Å²) in [7, 11) is 1.67. The standard InChI is InChI=1S/C15H18N4O2/c1-20-15(7-9-21-10-8-15)13-17-12(18-14(16)19-13)11-5-3-2-4-6-11/h2-6H,7-10H2,1H3,(H2,16,17,18,19). The van der Waals surface area contributed by atoms with Gasteiger partial charge in [0.25, 0.3) is 0 Å². The predicted octanol–water partition coefficient (Wildman–Crippen LogP) is 1.77. The molecule has 0 radical (unpaired) electrons. The van der Waals surface area contributed by atoms with Gasteiger partial charge in [-0.05, 0) is 0 Å². The molecule has 1 aromatic heterocycles. The fourth-order valence-corrected chi connectivity index (χ4v) is 2.53. The zero-order valence-corrected chi connectivity index (χ0v) is 12.0. The van der Waals surface area contributed by atoms with Crippen LogP contribution >= 0.6 is 0 Å². The van der Waals surface area contributed by atoms with Crippen LogP contribution < -0.4 is 5.73 Å². The molecule has 0 unspecified atom stereocenters. The van der Waals surface area contributed by atoms with Crippen molar-refractivity contribution in [1.29, 1.82) is 0 Å². The second kappa shape index (κ2) is 5.75. The number of benzene rings is 1. The number of nitrogens with zero attached hydrogens (tertiary/aromatic N) is 3. The van der Waals surface area contributed by atoms with E-state index in [4.69, 9.17) is 15.2 Å². The minimum atomic E-state index is -0.543. The quantitative estimate of drug-likeness (QED) is 0.926. The number of rotatable bonds is 3. The first-order valence-electron chi connectivity index (χ1n) is 6.94. The molecule has 1 fully saturated rings. The lowest BCUT2D eigenvalue weighted by molar-refractivity contribution is -0.0999. The Bertz CT molecular complexity index is 612. The third kappa shape index (κ3) is 2.72. The summed E-state index contributed by atoms with van der Waals surface area (Å²) in [5.74, 6) is 1.36. The zero-order chi connectivity index (χ0) is 14.7. The highest BCUT2D eigenvalue weighted by Gasteiger charge is 2.38. The van der Waals surface area contributed by atoms with Gasteiger partial charge in [0.1, 0.15) is 5.60 Å². The van der Waals surface area contributed by atoms with Gasteiger partial charge in [0, 0.05) is 38.7 Å². The molecule has 1 aliphatic heterocycles. The summed E-state index contributed by atoms with van der Waals surface area (Å²) in [6.07, 6.45) is 1.42. The topological polar surface area (TPSA) is 83.2 Å². The fraction of sp³-hybridized carbons (Fsp3) is 0.400. The minimum Gasteiger partial charge on any atom is -0.381 e. The van der Waals surface area contributed by atoms with Crippen LogP contribution in [0.1, 0.15) is 18.7 Å². The minimum absolute atomic E-state index is 0.210. The number of anilines is 1. The summed E-state index contributed by atoms with van der Waals surface area (Å²) >= 11 is 0. The Kier molecular flexibility index (Phi) is 3.81. The second-order valence-corrected chi connectivity index (χ2v) is 5.02. The van der Waals surface area contributed by atoms with E-state index in [1.54, 1.807) is 7.11 Å². The van der Waals surface area contributed by atoms with E-state index in [0.717, 1.165) is 5.56 Å². The molecule has 0 saturated carbocycles. The van der Waals surface area contributed by atoms with Crippen LogP contribution in [0.4, 0.5) is 5.95 Å². The van der Waals surface area contributed by atoms with Gasteiger partial charge in [-0.2, -0.15) is 9.97 Å². The van der Waals surface area contributed by atoms with Gasteiger partial charge in [-0.3, -0.25) is 0 Å². The lowest BCUT2D eigenvalue weighted by atomic mass is 9.93. The molecule has 0 amide bonds. The number of hydrogen-bond donors (Lipinski definition) is 1. The van der Waals surface area contributed by atoms with Crippen LogP contribution in [-0.2, 0) is 15.1 Å². The molecule has 3 rings (SSSR count). The van der Waals surface area contributed by atoms with Gasteiger partial charge in [-0.1, -0.05) is 30.3 Å². The Balaban J connectivity index is 2.05. The number of methoxy groups -OCH3 is 1. The van der Waals surface area contributed by atoms with Gasteiger partial charge in [0.2, 0.25) is 5.95 Å². The number of nitrogens with two attached hydrogens (primary N) is 1. The van der Waals surface area contributed by atoms with Crippen molar-refractivity contribution in [3.8, 4) is 11.4 Å². The van der Waals surface area contributed by atoms with E-state index in [1.807, 2.05) is 30.3 Å². The Morgan fingerprint density at radius 2 is 1.81 bits per heavy atom. The van der Waals surface area contributed by atoms with Gasteiger partial charge in [-0.25, -0.2) is 4.98 Å². The highest BCUT2D eigenvalue weighted by atomic mass is 16.5. The Morgan fingerprint density at radius 1 is 1.10 bits per heavy atom. The van der Waals surface area contributed by atoms with E-state index in [9.17, 15) is 0 Å². The van der Waals surface area contributed by atoms with Crippen LogP contribution in [0, 0.1) is 0 Å². The van der Waals surface area contributed by atoms with Crippen molar-refractivity contribution in [1.82, 2.24) is 15.0 Å². The third-order valence-electron chi connectivity index (χ3n) is 3.78. The lowest BCUT2D eigenvalue weighted by Crippen LogP contribution is -2.37. The fourth-order valence-electron chi connectivity index (χ4n) is 2.53. The molecular weight excluding hydrogens is 268 g/mol. The average Bonchev–Trinajstić information content (AvgIpc) is 2.56. The number of hydrogen-bond acceptors (Lipinski definition) is 6. The van der Waals surface area contributed by atoms with E-state index in [-0.39, 0.29) is 5.95 Å². The molecule has 6 nitrogen and oxygen atoms in total. The van der Waals surface area contributed by atoms with Crippen LogP contribution in [0.25, 0.3) is 11.4 Å². The van der Waals surface area contributed by atoms with Crippen molar-refractivity contribution in [3.05, 3.63) is 36.2 Å². The Hall–Kier alpha value is -2.05. The van der Waals surface area contributed by atoms with E-state index < -0.39 is 5.60 Å². The molecular formula is C15H18N4O2. The molecule has 2 N–H and O–H groups in total. The first kappa shape index (κ1) is 13.9. The molecule has 1 aromatic carbocycles. The summed E-state index contributed by atoms with van der Waals surface area (Å²) in [6, 6.07) is 9.72. The lowest BCUT2D eigenvalue weighted by Gasteiger charge is -2.34. The number of nitrogen functional groups attached to an aromatic ring is 1. The van der Waals surface area contributed by atoms with E-state index in [0.29, 0.717) is 37.7 Å². The summed E-state index contributed by atoms with van der Waals surface area (Å²) in [5.41, 5.74) is 6.23. The van der Waals surface area contributed by atoms with Gasteiger partial charge < -0.3 is 15.2 Å². The predicted molar refractivity (Wildman–Crippen MR) is 78.4 cm³/mol. The van der Waals surface area contributed by atoms with Crippen molar-refractivity contribution < 1.29 is 9.47 Å². The Labute approximate surface area is 123 Å². The van der Waals surface area contributed by atoms with Gasteiger partial charge in [0.15, 0.2) is 11.6 Å². The molecule has 2 aromatic rings. The van der Waals surface area contributed by atoms with Crippen LogP contribution in [-0.4, -0.2) is 35.3 Å². The van der Waals surface area contributed by atoms with Gasteiger partial charge in [0.05, 0.1) is 0 Å².